The number of hydrogen-bond acceptors (Lipinski definition) is 7. The molecule has 0 bridgehead atoms. The first-order valence-corrected chi connectivity index (χ1v) is 9.76. The van der Waals surface area contributed by atoms with Crippen molar-refractivity contribution in [1.82, 2.24) is 15.2 Å². The second-order valence-corrected chi connectivity index (χ2v) is 7.23. The molecule has 0 radical (unpaired) electrons. The molecule has 2 aromatic rings. The number of nitrogen functional groups attached to an aromatic ring is 1. The second kappa shape index (κ2) is 9.67. The van der Waals surface area contributed by atoms with Crippen molar-refractivity contribution in [3.05, 3.63) is 59.8 Å². The third kappa shape index (κ3) is 5.64. The number of amides is 3. The molecule has 3 N–H and O–H groups in total. The van der Waals surface area contributed by atoms with E-state index in [9.17, 15) is 32.3 Å². The molecule has 33 heavy (non-hydrogen) atoms. The number of aromatic nitrogens is 1. The van der Waals surface area contributed by atoms with E-state index in [1.807, 2.05) is 18.2 Å². The molecule has 1 aromatic carbocycles. The Bertz CT molecular complexity index is 1060. The Morgan fingerprint density at radius 3 is 2.45 bits per heavy atom. The molecule has 0 saturated carbocycles. The van der Waals surface area contributed by atoms with Crippen LogP contribution in [0.2, 0.25) is 0 Å². The van der Waals surface area contributed by atoms with Crippen LogP contribution in [0.25, 0.3) is 0 Å². The lowest BCUT2D eigenvalue weighted by Gasteiger charge is -2.43. The van der Waals surface area contributed by atoms with Crippen molar-refractivity contribution in [3.63, 3.8) is 0 Å². The van der Waals surface area contributed by atoms with Crippen molar-refractivity contribution in [1.29, 1.82) is 0 Å². The van der Waals surface area contributed by atoms with Gasteiger partial charge in [-0.3, -0.25) is 4.79 Å². The first kappa shape index (κ1) is 23.7. The molecular weight excluding hydrogens is 445 g/mol. The number of rotatable bonds is 6. The maximum Gasteiger partial charge on any atom is 0.491 e. The van der Waals surface area contributed by atoms with Crippen LogP contribution >= 0.6 is 0 Å². The number of ether oxygens (including phenoxy) is 1. The number of carbonyl (C=O) groups excluding carboxylic acids is 4. The zero-order chi connectivity index (χ0) is 24.2. The fraction of sp³-hybridized carbons (Fsp3) is 0.286. The molecular formula is C21H19F3N4O5. The van der Waals surface area contributed by atoms with E-state index in [1.165, 1.54) is 18.3 Å². The van der Waals surface area contributed by atoms with Gasteiger partial charge in [-0.05, 0) is 36.1 Å². The second-order valence-electron chi connectivity index (χ2n) is 7.23. The Morgan fingerprint density at radius 2 is 1.82 bits per heavy atom. The number of carbonyl (C=O) groups is 4. The molecule has 9 nitrogen and oxygen atoms in total. The Labute approximate surface area is 185 Å². The smallest absolute Gasteiger partial charge is 0.385 e. The minimum Gasteiger partial charge on any atom is -0.385 e. The summed E-state index contributed by atoms with van der Waals surface area (Å²) < 4.78 is 41.5. The van der Waals surface area contributed by atoms with Gasteiger partial charge in [0, 0.05) is 12.7 Å². The van der Waals surface area contributed by atoms with Gasteiger partial charge in [0.2, 0.25) is 5.91 Å². The van der Waals surface area contributed by atoms with E-state index in [0.717, 1.165) is 5.56 Å². The average molecular weight is 464 g/mol. The molecule has 1 aliphatic heterocycles. The van der Waals surface area contributed by atoms with E-state index in [1.54, 1.807) is 12.1 Å². The van der Waals surface area contributed by atoms with Crippen molar-refractivity contribution < 1.29 is 37.1 Å². The minimum atomic E-state index is -5.42. The number of β-lactam (4-membered cyclic amide) rings is 1. The Hall–Kier alpha value is -3.96. The molecule has 0 aliphatic carbocycles. The molecule has 1 fully saturated rings. The lowest BCUT2D eigenvalue weighted by molar-refractivity contribution is -0.205. The number of esters is 2. The Morgan fingerprint density at radius 1 is 1.12 bits per heavy atom. The summed E-state index contributed by atoms with van der Waals surface area (Å²) in [6.07, 6.45) is -3.78. The quantitative estimate of drug-likeness (QED) is 0.377. The summed E-state index contributed by atoms with van der Waals surface area (Å²) in [5.74, 6) is -6.28. The van der Waals surface area contributed by atoms with E-state index in [2.05, 4.69) is 15.0 Å². The SMILES string of the molecule is Nc1cc(CC2C(=O)N(C(=O)NCCc3ccccc3)C2C(=O)OC(=O)C(F)(F)F)ccn1. The fourth-order valence-electron chi connectivity index (χ4n) is 3.37. The molecule has 1 aliphatic rings. The van der Waals surface area contributed by atoms with E-state index in [0.29, 0.717) is 16.9 Å². The lowest BCUT2D eigenvalue weighted by atomic mass is 9.82. The third-order valence-corrected chi connectivity index (χ3v) is 4.93. The maximum atomic E-state index is 12.6. The molecule has 174 valence electrons. The Balaban J connectivity index is 1.72. The number of likely N-dealkylation sites (tertiary alicyclic amines) is 1. The number of hydrogen-bond donors (Lipinski definition) is 2. The van der Waals surface area contributed by atoms with Crippen molar-refractivity contribution in [2.45, 2.75) is 25.1 Å². The number of urea groups is 1. The molecule has 1 aromatic heterocycles. The molecule has 3 rings (SSSR count). The summed E-state index contributed by atoms with van der Waals surface area (Å²) in [5, 5.41) is 2.45. The highest BCUT2D eigenvalue weighted by Gasteiger charge is 2.57. The number of imide groups is 1. The predicted molar refractivity (Wildman–Crippen MR) is 107 cm³/mol. The van der Waals surface area contributed by atoms with Gasteiger partial charge in [-0.1, -0.05) is 30.3 Å². The largest absolute Gasteiger partial charge is 0.491 e. The number of nitrogens with zero attached hydrogens (tertiary/aromatic N) is 2. The van der Waals surface area contributed by atoms with Gasteiger partial charge in [0.05, 0.1) is 5.92 Å². The fourth-order valence-corrected chi connectivity index (χ4v) is 3.37. The van der Waals surface area contributed by atoms with Gasteiger partial charge in [0.1, 0.15) is 5.82 Å². The number of nitrogens with two attached hydrogens (primary N) is 1. The summed E-state index contributed by atoms with van der Waals surface area (Å²) in [6.45, 7) is 0.0986. The van der Waals surface area contributed by atoms with Gasteiger partial charge in [0.15, 0.2) is 6.04 Å². The van der Waals surface area contributed by atoms with E-state index >= 15 is 0 Å². The number of anilines is 1. The molecule has 3 amide bonds. The van der Waals surface area contributed by atoms with Crippen molar-refractivity contribution >= 4 is 29.7 Å². The minimum absolute atomic E-state index is 0.0986. The zero-order valence-electron chi connectivity index (χ0n) is 17.0. The van der Waals surface area contributed by atoms with E-state index in [-0.39, 0.29) is 18.8 Å². The Kier molecular flexibility index (Phi) is 6.95. The summed E-state index contributed by atoms with van der Waals surface area (Å²) in [4.78, 5) is 52.9. The van der Waals surface area contributed by atoms with Gasteiger partial charge >= 0.3 is 24.1 Å². The van der Waals surface area contributed by atoms with Gasteiger partial charge in [-0.2, -0.15) is 13.2 Å². The normalized spacial score (nSPS) is 17.8. The first-order valence-electron chi connectivity index (χ1n) is 9.76. The number of nitrogens with one attached hydrogen (secondary N) is 1. The van der Waals surface area contributed by atoms with Crippen molar-refractivity contribution in [2.75, 3.05) is 12.3 Å². The maximum absolute atomic E-state index is 12.6. The molecule has 2 unspecified atom stereocenters. The summed E-state index contributed by atoms with van der Waals surface area (Å²) >= 11 is 0. The monoisotopic (exact) mass is 464 g/mol. The van der Waals surface area contributed by atoms with E-state index in [4.69, 9.17) is 5.73 Å². The highest BCUT2D eigenvalue weighted by molar-refractivity contribution is 6.09. The van der Waals surface area contributed by atoms with Crippen LogP contribution in [0.15, 0.2) is 48.7 Å². The zero-order valence-corrected chi connectivity index (χ0v) is 17.0. The number of halogens is 3. The lowest BCUT2D eigenvalue weighted by Crippen LogP contribution is -2.69. The molecule has 2 atom stereocenters. The molecule has 12 heteroatoms. The van der Waals surface area contributed by atoms with E-state index < -0.39 is 42.0 Å². The molecule has 2 heterocycles. The first-order chi connectivity index (χ1) is 15.6. The third-order valence-electron chi connectivity index (χ3n) is 4.93. The average Bonchev–Trinajstić information content (AvgIpc) is 2.75. The topological polar surface area (TPSA) is 132 Å². The number of pyridine rings is 1. The predicted octanol–water partition coefficient (Wildman–Crippen LogP) is 1.62. The van der Waals surface area contributed by atoms with Gasteiger partial charge in [-0.15, -0.1) is 0 Å². The van der Waals surface area contributed by atoms with Crippen LogP contribution in [0.5, 0.6) is 0 Å². The standard InChI is InChI=1S/C21H19F3N4O5/c22-21(23,24)19(31)33-18(30)16-14(10-13-7-8-26-15(25)11-13)17(29)28(16)20(32)27-9-6-12-4-2-1-3-5-12/h1-5,7-8,11,14,16H,6,9-10H2,(H2,25,26)(H,27,32). The van der Waals surface area contributed by atoms with Crippen LogP contribution in [0.3, 0.4) is 0 Å². The molecule has 1 saturated heterocycles. The summed E-state index contributed by atoms with van der Waals surface area (Å²) in [7, 11) is 0. The van der Waals surface area contributed by atoms with Gasteiger partial charge in [-0.25, -0.2) is 24.3 Å². The highest BCUT2D eigenvalue weighted by atomic mass is 19.4. The number of alkyl halides is 3. The van der Waals surface area contributed by atoms with Crippen molar-refractivity contribution in [3.8, 4) is 0 Å². The summed E-state index contributed by atoms with van der Waals surface area (Å²) in [6, 6.07) is 9.27. The molecule has 0 spiro atoms. The van der Waals surface area contributed by atoms with Gasteiger partial charge < -0.3 is 15.8 Å². The summed E-state index contributed by atoms with van der Waals surface area (Å²) in [5.41, 5.74) is 6.94. The van der Waals surface area contributed by atoms with Crippen LogP contribution in [-0.2, 0) is 32.0 Å². The van der Waals surface area contributed by atoms with Crippen LogP contribution < -0.4 is 11.1 Å². The van der Waals surface area contributed by atoms with Crippen LogP contribution in [0.4, 0.5) is 23.8 Å². The van der Waals surface area contributed by atoms with Crippen molar-refractivity contribution in [2.24, 2.45) is 5.92 Å². The number of benzene rings is 1. The van der Waals surface area contributed by atoms with Crippen LogP contribution in [0, 0.1) is 5.92 Å². The van der Waals surface area contributed by atoms with Crippen LogP contribution in [0.1, 0.15) is 11.1 Å². The highest BCUT2D eigenvalue weighted by Crippen LogP contribution is 2.32. The van der Waals surface area contributed by atoms with Crippen LogP contribution in [-0.4, -0.2) is 52.5 Å². The van der Waals surface area contributed by atoms with Gasteiger partial charge in [0.25, 0.3) is 0 Å².